The number of nitriles is 1. The van der Waals surface area contributed by atoms with E-state index in [2.05, 4.69) is 21.3 Å². The van der Waals surface area contributed by atoms with Crippen molar-refractivity contribution in [3.8, 4) is 6.07 Å². The van der Waals surface area contributed by atoms with Crippen LogP contribution in [0, 0.1) is 11.3 Å². The lowest BCUT2D eigenvalue weighted by Crippen LogP contribution is -2.48. The van der Waals surface area contributed by atoms with Crippen molar-refractivity contribution in [2.45, 2.75) is 25.5 Å². The number of anilines is 1. The second kappa shape index (κ2) is 9.39. The molecule has 1 aromatic heterocycles. The van der Waals surface area contributed by atoms with Crippen LogP contribution in [0.5, 0.6) is 0 Å². The van der Waals surface area contributed by atoms with Crippen LogP contribution in [0.1, 0.15) is 34.3 Å². The zero-order valence-electron chi connectivity index (χ0n) is 19.0. The maximum Gasteiger partial charge on any atom is 0.407 e. The van der Waals surface area contributed by atoms with Gasteiger partial charge in [-0.3, -0.25) is 0 Å². The second-order valence-corrected chi connectivity index (χ2v) is 8.68. The molecule has 0 bridgehead atoms. The number of hydrogen-bond acceptors (Lipinski definition) is 5. The molecule has 5 rings (SSSR count). The van der Waals surface area contributed by atoms with Gasteiger partial charge in [-0.1, -0.05) is 36.4 Å². The molecule has 1 aliphatic rings. The summed E-state index contributed by atoms with van der Waals surface area (Å²) in [6, 6.07) is 20.3. The maximum absolute atomic E-state index is 12.4. The van der Waals surface area contributed by atoms with Gasteiger partial charge in [0.25, 0.3) is 0 Å². The average molecular weight is 469 g/mol. The molecule has 0 saturated carbocycles. The van der Waals surface area contributed by atoms with E-state index < -0.39 is 12.1 Å². The van der Waals surface area contributed by atoms with Crippen LogP contribution in [0.25, 0.3) is 21.8 Å². The first kappa shape index (κ1) is 22.3. The highest BCUT2D eigenvalue weighted by atomic mass is 16.5. The normalized spacial score (nSPS) is 15.6. The third-order valence-corrected chi connectivity index (χ3v) is 6.40. The van der Waals surface area contributed by atoms with Gasteiger partial charge in [0.2, 0.25) is 0 Å². The van der Waals surface area contributed by atoms with E-state index in [1.165, 1.54) is 0 Å². The molecular weight excluding hydrogens is 444 g/mol. The fourth-order valence-corrected chi connectivity index (χ4v) is 4.73. The standard InChI is InChI=1S/C27H24N4O4/c28-14-19-9-11-23(24-21-10-8-18(26(32)33)13-22(21)30-25(19)24)31-12-4-7-20(15-31)29-27(34)35-16-17-5-2-1-3-6-17/h1-3,5-6,8-11,13,20,30H,4,7,12,15-16H2,(H,29,34)(H,32,33)/t20-/m1/s1. The van der Waals surface area contributed by atoms with E-state index in [-0.39, 0.29) is 18.2 Å². The number of benzene rings is 3. The number of rotatable bonds is 5. The van der Waals surface area contributed by atoms with Crippen molar-refractivity contribution in [1.82, 2.24) is 10.3 Å². The summed E-state index contributed by atoms with van der Waals surface area (Å²) in [7, 11) is 0. The number of aromatic amines is 1. The number of alkyl carbamates (subject to hydrolysis) is 1. The van der Waals surface area contributed by atoms with Crippen LogP contribution in [0.3, 0.4) is 0 Å². The number of carboxylic acid groups (broad SMARTS) is 1. The molecule has 1 aliphatic heterocycles. The molecule has 4 aromatic rings. The lowest BCUT2D eigenvalue weighted by atomic mass is 10.0. The number of piperidine rings is 1. The molecule has 35 heavy (non-hydrogen) atoms. The number of amides is 1. The number of carboxylic acids is 1. The van der Waals surface area contributed by atoms with Gasteiger partial charge in [0, 0.05) is 41.1 Å². The molecule has 0 spiro atoms. The highest BCUT2D eigenvalue weighted by Gasteiger charge is 2.25. The average Bonchev–Trinajstić information content (AvgIpc) is 3.26. The Morgan fingerprint density at radius 1 is 1.17 bits per heavy atom. The second-order valence-electron chi connectivity index (χ2n) is 8.68. The van der Waals surface area contributed by atoms with Gasteiger partial charge in [-0.25, -0.2) is 9.59 Å². The summed E-state index contributed by atoms with van der Waals surface area (Å²) in [5.74, 6) is -1.00. The van der Waals surface area contributed by atoms with Gasteiger partial charge >= 0.3 is 12.1 Å². The fraction of sp³-hybridized carbons (Fsp3) is 0.222. The topological polar surface area (TPSA) is 118 Å². The molecule has 0 radical (unpaired) electrons. The third kappa shape index (κ3) is 4.49. The Kier molecular flexibility index (Phi) is 5.98. The zero-order chi connectivity index (χ0) is 24.4. The minimum Gasteiger partial charge on any atom is -0.478 e. The number of ether oxygens (including phenoxy) is 1. The SMILES string of the molecule is N#Cc1ccc(N2CCC[C@@H](NC(=O)OCc3ccccc3)C2)c2c1[nH]c1cc(C(=O)O)ccc12. The first-order valence-corrected chi connectivity index (χ1v) is 11.5. The third-order valence-electron chi connectivity index (χ3n) is 6.40. The van der Waals surface area contributed by atoms with E-state index in [1.54, 1.807) is 24.3 Å². The largest absolute Gasteiger partial charge is 0.478 e. The minimum atomic E-state index is -1.00. The Morgan fingerprint density at radius 3 is 2.77 bits per heavy atom. The summed E-state index contributed by atoms with van der Waals surface area (Å²) >= 11 is 0. The number of fused-ring (bicyclic) bond motifs is 3. The Balaban J connectivity index is 1.39. The summed E-state index contributed by atoms with van der Waals surface area (Å²) in [5.41, 5.74) is 3.89. The predicted octanol–water partition coefficient (Wildman–Crippen LogP) is 4.79. The summed E-state index contributed by atoms with van der Waals surface area (Å²) in [4.78, 5) is 29.3. The molecule has 1 saturated heterocycles. The van der Waals surface area contributed by atoms with Gasteiger partial charge in [-0.15, -0.1) is 0 Å². The van der Waals surface area contributed by atoms with E-state index in [9.17, 15) is 20.0 Å². The quantitative estimate of drug-likeness (QED) is 0.388. The Morgan fingerprint density at radius 2 is 2.00 bits per heavy atom. The van der Waals surface area contributed by atoms with E-state index >= 15 is 0 Å². The van der Waals surface area contributed by atoms with Gasteiger partial charge < -0.3 is 25.0 Å². The van der Waals surface area contributed by atoms with Crippen molar-refractivity contribution in [3.05, 3.63) is 77.4 Å². The maximum atomic E-state index is 12.4. The zero-order valence-corrected chi connectivity index (χ0v) is 19.0. The molecule has 1 amide bonds. The fourth-order valence-electron chi connectivity index (χ4n) is 4.73. The van der Waals surface area contributed by atoms with Crippen molar-refractivity contribution in [1.29, 1.82) is 5.26 Å². The van der Waals surface area contributed by atoms with Gasteiger partial charge in [0.05, 0.1) is 16.6 Å². The lowest BCUT2D eigenvalue weighted by molar-refractivity contribution is 0.0697. The minimum absolute atomic E-state index is 0.0819. The van der Waals surface area contributed by atoms with Gasteiger partial charge in [0.1, 0.15) is 12.7 Å². The molecule has 1 atom stereocenters. The predicted molar refractivity (Wildman–Crippen MR) is 132 cm³/mol. The molecule has 1 fully saturated rings. The first-order chi connectivity index (χ1) is 17.0. The smallest absolute Gasteiger partial charge is 0.407 e. The van der Waals surface area contributed by atoms with Crippen molar-refractivity contribution >= 4 is 39.6 Å². The number of hydrogen-bond donors (Lipinski definition) is 3. The van der Waals surface area contributed by atoms with Gasteiger partial charge in [0.15, 0.2) is 0 Å². The van der Waals surface area contributed by atoms with Crippen LogP contribution < -0.4 is 10.2 Å². The lowest BCUT2D eigenvalue weighted by Gasteiger charge is -2.35. The number of aromatic nitrogens is 1. The van der Waals surface area contributed by atoms with Crippen molar-refractivity contribution < 1.29 is 19.4 Å². The van der Waals surface area contributed by atoms with Crippen LogP contribution in [-0.2, 0) is 11.3 Å². The number of nitrogens with one attached hydrogen (secondary N) is 2. The summed E-state index contributed by atoms with van der Waals surface area (Å²) in [6.07, 6.45) is 1.28. The summed E-state index contributed by atoms with van der Waals surface area (Å²) in [5, 5.41) is 23.7. The number of carbonyl (C=O) groups excluding carboxylic acids is 1. The summed E-state index contributed by atoms with van der Waals surface area (Å²) < 4.78 is 5.39. The monoisotopic (exact) mass is 468 g/mol. The van der Waals surface area contributed by atoms with Crippen LogP contribution in [0.2, 0.25) is 0 Å². The number of H-pyrrole nitrogens is 1. The van der Waals surface area contributed by atoms with E-state index in [4.69, 9.17) is 4.74 Å². The molecule has 0 unspecified atom stereocenters. The number of nitrogens with zero attached hydrogens (tertiary/aromatic N) is 2. The van der Waals surface area contributed by atoms with Gasteiger partial charge in [-0.2, -0.15) is 5.26 Å². The van der Waals surface area contributed by atoms with Crippen molar-refractivity contribution in [2.75, 3.05) is 18.0 Å². The van der Waals surface area contributed by atoms with Crippen LogP contribution >= 0.6 is 0 Å². The highest BCUT2D eigenvalue weighted by molar-refractivity contribution is 6.15. The molecule has 3 N–H and O–H groups in total. The van der Waals surface area contributed by atoms with Crippen molar-refractivity contribution in [2.24, 2.45) is 0 Å². The van der Waals surface area contributed by atoms with E-state index in [1.807, 2.05) is 36.4 Å². The molecule has 0 aliphatic carbocycles. The van der Waals surface area contributed by atoms with E-state index in [0.29, 0.717) is 23.1 Å². The molecule has 3 aromatic carbocycles. The Labute approximate surface area is 201 Å². The van der Waals surface area contributed by atoms with Gasteiger partial charge in [-0.05, 0) is 42.7 Å². The van der Waals surface area contributed by atoms with Crippen LogP contribution in [0.15, 0.2) is 60.7 Å². The molecule has 8 nitrogen and oxygen atoms in total. The highest BCUT2D eigenvalue weighted by Crippen LogP contribution is 2.37. The molecule has 8 heteroatoms. The van der Waals surface area contributed by atoms with E-state index in [0.717, 1.165) is 41.4 Å². The number of carbonyl (C=O) groups is 2. The van der Waals surface area contributed by atoms with Crippen molar-refractivity contribution in [3.63, 3.8) is 0 Å². The Bertz CT molecular complexity index is 1460. The van der Waals surface area contributed by atoms with Crippen LogP contribution in [-0.4, -0.2) is 41.3 Å². The molecular formula is C27H24N4O4. The first-order valence-electron chi connectivity index (χ1n) is 11.5. The molecule has 2 heterocycles. The summed E-state index contributed by atoms with van der Waals surface area (Å²) in [6.45, 7) is 1.62. The van der Waals surface area contributed by atoms with Crippen LogP contribution in [0.4, 0.5) is 10.5 Å². The molecule has 176 valence electrons. The Hall–Kier alpha value is -4.51. The number of aromatic carboxylic acids is 1.